The zero-order valence-corrected chi connectivity index (χ0v) is 20.3. The summed E-state index contributed by atoms with van der Waals surface area (Å²) in [6.45, 7) is 7.66. The number of nitrogens with one attached hydrogen (secondary N) is 1. The maximum atomic E-state index is 12.8. The van der Waals surface area contributed by atoms with Gasteiger partial charge in [0.25, 0.3) is 5.91 Å². The predicted molar refractivity (Wildman–Crippen MR) is 132 cm³/mol. The molecule has 3 amide bonds. The number of likely N-dealkylation sites (tertiary alicyclic amines) is 3. The lowest BCUT2D eigenvalue weighted by Crippen LogP contribution is -2.45. The molecule has 0 aliphatic carbocycles. The summed E-state index contributed by atoms with van der Waals surface area (Å²) in [6, 6.07) is 7.79. The van der Waals surface area contributed by atoms with Crippen molar-refractivity contribution >= 4 is 11.9 Å². The molecular weight excluding hydrogens is 412 g/mol. The number of piperidine rings is 1. The highest BCUT2D eigenvalue weighted by Crippen LogP contribution is 2.21. The van der Waals surface area contributed by atoms with Gasteiger partial charge < -0.3 is 20.0 Å². The SMILES string of the molecule is O=C(NCc1ccc(C(=O)N2CCCCCC2)cc1)N1CCC(CN2CCCCCC2)CC1. The molecule has 0 saturated carbocycles. The minimum atomic E-state index is 0.0351. The van der Waals surface area contributed by atoms with Gasteiger partial charge in [-0.2, -0.15) is 0 Å². The Labute approximate surface area is 199 Å². The third kappa shape index (κ3) is 7.20. The minimum Gasteiger partial charge on any atom is -0.339 e. The van der Waals surface area contributed by atoms with E-state index in [2.05, 4.69) is 10.2 Å². The summed E-state index contributed by atoms with van der Waals surface area (Å²) in [7, 11) is 0. The lowest BCUT2D eigenvalue weighted by molar-refractivity contribution is 0.0761. The van der Waals surface area contributed by atoms with Crippen LogP contribution in [-0.2, 0) is 6.54 Å². The van der Waals surface area contributed by atoms with Crippen molar-refractivity contribution in [2.24, 2.45) is 5.92 Å². The van der Waals surface area contributed by atoms with Crippen LogP contribution in [0.5, 0.6) is 0 Å². The first kappa shape index (κ1) is 24.1. The first-order chi connectivity index (χ1) is 16.2. The minimum absolute atomic E-state index is 0.0351. The maximum Gasteiger partial charge on any atom is 0.317 e. The Hall–Kier alpha value is -2.08. The van der Waals surface area contributed by atoms with Crippen molar-refractivity contribution in [1.29, 1.82) is 0 Å². The Kier molecular flexibility index (Phi) is 9.04. The molecule has 0 aromatic heterocycles. The number of urea groups is 1. The van der Waals surface area contributed by atoms with Crippen LogP contribution in [0.4, 0.5) is 4.79 Å². The molecule has 3 fully saturated rings. The van der Waals surface area contributed by atoms with Crippen LogP contribution >= 0.6 is 0 Å². The molecule has 6 heteroatoms. The average Bonchev–Trinajstić information content (AvgIpc) is 3.28. The number of carbonyl (C=O) groups is 2. The number of carbonyl (C=O) groups excluding carboxylic acids is 2. The van der Waals surface area contributed by atoms with Crippen molar-refractivity contribution in [1.82, 2.24) is 20.0 Å². The summed E-state index contributed by atoms with van der Waals surface area (Å²) in [5.41, 5.74) is 1.78. The maximum absolute atomic E-state index is 12.8. The molecule has 3 aliphatic rings. The van der Waals surface area contributed by atoms with Gasteiger partial charge >= 0.3 is 6.03 Å². The van der Waals surface area contributed by atoms with Crippen molar-refractivity contribution in [2.45, 2.75) is 70.8 Å². The molecule has 1 N–H and O–H groups in total. The molecule has 182 valence electrons. The van der Waals surface area contributed by atoms with Crippen molar-refractivity contribution in [3.8, 4) is 0 Å². The van der Waals surface area contributed by atoms with E-state index in [0.717, 1.165) is 68.9 Å². The van der Waals surface area contributed by atoms with Crippen LogP contribution < -0.4 is 5.32 Å². The quantitative estimate of drug-likeness (QED) is 0.713. The van der Waals surface area contributed by atoms with Crippen molar-refractivity contribution < 1.29 is 9.59 Å². The summed E-state index contributed by atoms with van der Waals surface area (Å²) < 4.78 is 0. The summed E-state index contributed by atoms with van der Waals surface area (Å²) >= 11 is 0. The smallest absolute Gasteiger partial charge is 0.317 e. The van der Waals surface area contributed by atoms with E-state index in [0.29, 0.717) is 6.54 Å². The molecule has 0 atom stereocenters. The van der Waals surface area contributed by atoms with Gasteiger partial charge in [-0.05, 0) is 75.2 Å². The summed E-state index contributed by atoms with van der Waals surface area (Å²) in [5, 5.41) is 3.07. The van der Waals surface area contributed by atoms with E-state index in [1.54, 1.807) is 0 Å². The van der Waals surface area contributed by atoms with E-state index in [-0.39, 0.29) is 11.9 Å². The first-order valence-corrected chi connectivity index (χ1v) is 13.3. The second kappa shape index (κ2) is 12.4. The van der Waals surface area contributed by atoms with E-state index in [1.807, 2.05) is 34.1 Å². The topological polar surface area (TPSA) is 55.9 Å². The largest absolute Gasteiger partial charge is 0.339 e. The molecule has 0 radical (unpaired) electrons. The van der Waals surface area contributed by atoms with Gasteiger partial charge in [0.15, 0.2) is 0 Å². The molecule has 0 bridgehead atoms. The molecule has 3 saturated heterocycles. The summed E-state index contributed by atoms with van der Waals surface area (Å²) in [4.78, 5) is 32.0. The third-order valence-electron chi connectivity index (χ3n) is 7.65. The standard InChI is InChI=1S/C27H42N4O2/c32-26(30-17-7-3-4-8-18-30)25-11-9-23(10-12-25)21-28-27(33)31-19-13-24(14-20-31)22-29-15-5-1-2-6-16-29/h9-12,24H,1-8,13-22H2,(H,28,33). The Morgan fingerprint density at radius 3 is 1.91 bits per heavy atom. The van der Waals surface area contributed by atoms with Gasteiger partial charge in [0.2, 0.25) is 0 Å². The van der Waals surface area contributed by atoms with E-state index in [9.17, 15) is 9.59 Å². The highest BCUT2D eigenvalue weighted by Gasteiger charge is 2.24. The molecule has 0 spiro atoms. The van der Waals surface area contributed by atoms with Gasteiger partial charge in [0, 0.05) is 44.8 Å². The summed E-state index contributed by atoms with van der Waals surface area (Å²) in [5.74, 6) is 0.858. The average molecular weight is 455 g/mol. The Bertz CT molecular complexity index is 742. The normalized spacial score (nSPS) is 21.3. The number of benzene rings is 1. The molecule has 0 unspecified atom stereocenters. The highest BCUT2D eigenvalue weighted by molar-refractivity contribution is 5.94. The lowest BCUT2D eigenvalue weighted by atomic mass is 9.96. The van der Waals surface area contributed by atoms with Crippen LogP contribution in [0.25, 0.3) is 0 Å². The molecule has 1 aromatic carbocycles. The Morgan fingerprint density at radius 1 is 0.727 bits per heavy atom. The van der Waals surface area contributed by atoms with E-state index >= 15 is 0 Å². The molecular formula is C27H42N4O2. The van der Waals surface area contributed by atoms with Gasteiger partial charge in [0.1, 0.15) is 0 Å². The molecule has 3 aliphatic heterocycles. The van der Waals surface area contributed by atoms with Gasteiger partial charge in [0.05, 0.1) is 0 Å². The summed E-state index contributed by atoms with van der Waals surface area (Å²) in [6.07, 6.45) is 12.3. The fraction of sp³-hybridized carbons (Fsp3) is 0.704. The van der Waals surface area contributed by atoms with Crippen LogP contribution in [0.2, 0.25) is 0 Å². The molecule has 4 rings (SSSR count). The van der Waals surface area contributed by atoms with Crippen molar-refractivity contribution in [3.05, 3.63) is 35.4 Å². The van der Waals surface area contributed by atoms with Gasteiger partial charge in [-0.15, -0.1) is 0 Å². The number of nitrogens with zero attached hydrogens (tertiary/aromatic N) is 3. The highest BCUT2D eigenvalue weighted by atomic mass is 16.2. The molecule has 6 nitrogen and oxygen atoms in total. The van der Waals surface area contributed by atoms with Crippen LogP contribution in [0.15, 0.2) is 24.3 Å². The van der Waals surface area contributed by atoms with Gasteiger partial charge in [-0.1, -0.05) is 37.8 Å². The molecule has 33 heavy (non-hydrogen) atoms. The fourth-order valence-electron chi connectivity index (χ4n) is 5.51. The zero-order chi connectivity index (χ0) is 22.9. The fourth-order valence-corrected chi connectivity index (χ4v) is 5.51. The number of amides is 3. The Morgan fingerprint density at radius 2 is 1.30 bits per heavy atom. The third-order valence-corrected chi connectivity index (χ3v) is 7.65. The van der Waals surface area contributed by atoms with Crippen molar-refractivity contribution in [3.63, 3.8) is 0 Å². The zero-order valence-electron chi connectivity index (χ0n) is 20.3. The van der Waals surface area contributed by atoms with Crippen molar-refractivity contribution in [2.75, 3.05) is 45.8 Å². The lowest BCUT2D eigenvalue weighted by Gasteiger charge is -2.34. The predicted octanol–water partition coefficient (Wildman–Crippen LogP) is 4.50. The van der Waals surface area contributed by atoms with Gasteiger partial charge in [-0.25, -0.2) is 4.79 Å². The van der Waals surface area contributed by atoms with E-state index in [1.165, 1.54) is 58.2 Å². The van der Waals surface area contributed by atoms with Crippen LogP contribution in [0.3, 0.4) is 0 Å². The van der Waals surface area contributed by atoms with E-state index < -0.39 is 0 Å². The molecule has 3 heterocycles. The van der Waals surface area contributed by atoms with Crippen LogP contribution in [-0.4, -0.2) is 72.5 Å². The van der Waals surface area contributed by atoms with E-state index in [4.69, 9.17) is 0 Å². The monoisotopic (exact) mass is 454 g/mol. The van der Waals surface area contributed by atoms with Crippen LogP contribution in [0, 0.1) is 5.92 Å². The number of hydrogen-bond acceptors (Lipinski definition) is 3. The first-order valence-electron chi connectivity index (χ1n) is 13.3. The van der Waals surface area contributed by atoms with Crippen LogP contribution in [0.1, 0.15) is 80.1 Å². The van der Waals surface area contributed by atoms with Gasteiger partial charge in [-0.3, -0.25) is 4.79 Å². The molecule has 1 aromatic rings. The number of hydrogen-bond donors (Lipinski definition) is 1. The Balaban J connectivity index is 1.18. The second-order valence-electron chi connectivity index (χ2n) is 10.2. The second-order valence-corrected chi connectivity index (χ2v) is 10.2. The number of rotatable bonds is 5.